The highest BCUT2D eigenvalue weighted by Crippen LogP contribution is 2.39. The van der Waals surface area contributed by atoms with Crippen molar-refractivity contribution >= 4 is 82.2 Å². The van der Waals surface area contributed by atoms with Gasteiger partial charge in [0.25, 0.3) is 0 Å². The molecular formula is C55H46N6. The Morgan fingerprint density at radius 1 is 0.443 bits per heavy atom. The van der Waals surface area contributed by atoms with Crippen LogP contribution in [0.2, 0.25) is 0 Å². The Kier molecular flexibility index (Phi) is 9.89. The van der Waals surface area contributed by atoms with Gasteiger partial charge in [0, 0.05) is 38.5 Å². The van der Waals surface area contributed by atoms with E-state index in [0.717, 1.165) is 46.9 Å². The highest BCUT2D eigenvalue weighted by molar-refractivity contribution is 6.22. The molecule has 296 valence electrons. The highest BCUT2D eigenvalue weighted by atomic mass is 15.4. The number of aromatic nitrogens is 2. The van der Waals surface area contributed by atoms with Gasteiger partial charge in [0.1, 0.15) is 0 Å². The summed E-state index contributed by atoms with van der Waals surface area (Å²) in [7, 11) is 0. The van der Waals surface area contributed by atoms with E-state index >= 15 is 0 Å². The van der Waals surface area contributed by atoms with Crippen LogP contribution in [-0.4, -0.2) is 15.7 Å². The summed E-state index contributed by atoms with van der Waals surface area (Å²) in [6, 6.07) is 70.8. The highest BCUT2D eigenvalue weighted by Gasteiger charge is 2.18. The van der Waals surface area contributed by atoms with E-state index in [2.05, 4.69) is 197 Å². The minimum absolute atomic E-state index is 0.634. The zero-order chi connectivity index (χ0) is 41.3. The van der Waals surface area contributed by atoms with Crippen LogP contribution in [0, 0.1) is 0 Å². The Morgan fingerprint density at radius 2 is 0.869 bits per heavy atom. The van der Waals surface area contributed by atoms with Gasteiger partial charge in [-0.1, -0.05) is 146 Å². The normalized spacial score (nSPS) is 11.9. The first-order valence-electron chi connectivity index (χ1n) is 20.9. The fourth-order valence-electron chi connectivity index (χ4n) is 8.70. The molecular weight excluding hydrogens is 745 g/mol. The number of nitrogens with zero attached hydrogens (tertiary/aromatic N) is 2. The Hall–Kier alpha value is -7.80. The van der Waals surface area contributed by atoms with Crippen molar-refractivity contribution in [1.29, 1.82) is 0 Å². The van der Waals surface area contributed by atoms with Crippen molar-refractivity contribution in [3.8, 4) is 11.4 Å². The molecule has 61 heavy (non-hydrogen) atoms. The van der Waals surface area contributed by atoms with Gasteiger partial charge in [0.2, 0.25) is 0 Å². The number of hydrazine groups is 1. The van der Waals surface area contributed by atoms with Crippen LogP contribution >= 0.6 is 0 Å². The van der Waals surface area contributed by atoms with Crippen molar-refractivity contribution in [3.63, 3.8) is 0 Å². The molecule has 6 heteroatoms. The maximum absolute atomic E-state index is 7.15. The minimum atomic E-state index is 0.634. The molecule has 11 rings (SSSR count). The van der Waals surface area contributed by atoms with Crippen LogP contribution in [0.15, 0.2) is 200 Å². The van der Waals surface area contributed by atoms with Gasteiger partial charge in [-0.15, -0.1) is 0 Å². The van der Waals surface area contributed by atoms with Gasteiger partial charge in [0.05, 0.1) is 39.1 Å². The van der Waals surface area contributed by atoms with Crippen LogP contribution in [0.1, 0.15) is 24.5 Å². The summed E-state index contributed by atoms with van der Waals surface area (Å²) in [6.07, 6.45) is 1.10. The topological polar surface area (TPSA) is 86.0 Å². The standard InChI is InChI=1S/C52H37N5.C3H9N/c53-51(36-22-28-39(29-23-36)56-45-20-10-8-18-43(45)49-41-16-6-4-12-34(41)26-32-47(49)56)52(55-54-38-14-2-1-3-15-38)37-24-30-40(31-25-37)57-46-21-11-9-19-44(46)50-42-17-7-5-13-35(42)27-33-48(50)57;1-2-3-4/h1-33,54-55H,53H2;2-4H2,1H3/b52-51-;. The number of fused-ring (bicyclic) bond motifs is 10. The molecule has 0 spiro atoms. The third-order valence-electron chi connectivity index (χ3n) is 11.6. The van der Waals surface area contributed by atoms with Crippen molar-refractivity contribution in [2.75, 3.05) is 12.0 Å². The SMILES string of the molecule is CCCN.N/C(=C(\NNc1ccccc1)c1ccc(-n2c3ccccc3c3c4ccccc4ccc32)cc1)c1ccc(-n2c3ccccc3c3c4ccccc4ccc32)cc1. The fraction of sp³-hybridized carbons (Fsp3) is 0.0545. The second kappa shape index (κ2) is 16.1. The second-order valence-corrected chi connectivity index (χ2v) is 15.4. The zero-order valence-electron chi connectivity index (χ0n) is 34.0. The van der Waals surface area contributed by atoms with Crippen LogP contribution < -0.4 is 22.3 Å². The predicted octanol–water partition coefficient (Wildman–Crippen LogP) is 12.9. The fourth-order valence-corrected chi connectivity index (χ4v) is 8.70. The molecule has 0 bridgehead atoms. The average Bonchev–Trinajstić information content (AvgIpc) is 3.86. The lowest BCUT2D eigenvalue weighted by Gasteiger charge is -2.18. The summed E-state index contributed by atoms with van der Waals surface area (Å²) in [5, 5.41) is 10.0. The predicted molar refractivity (Wildman–Crippen MR) is 260 cm³/mol. The molecule has 0 unspecified atom stereocenters. The van der Waals surface area contributed by atoms with E-state index < -0.39 is 0 Å². The summed E-state index contributed by atoms with van der Waals surface area (Å²) < 4.78 is 4.71. The van der Waals surface area contributed by atoms with Crippen molar-refractivity contribution in [1.82, 2.24) is 14.6 Å². The van der Waals surface area contributed by atoms with E-state index in [0.29, 0.717) is 5.70 Å². The lowest BCUT2D eigenvalue weighted by Crippen LogP contribution is -2.23. The quantitative estimate of drug-likeness (QED) is 0.0912. The lowest BCUT2D eigenvalue weighted by atomic mass is 10.0. The number of hydrogen-bond donors (Lipinski definition) is 4. The number of nitrogens with two attached hydrogens (primary N) is 2. The van der Waals surface area contributed by atoms with Gasteiger partial charge in [-0.3, -0.25) is 5.43 Å². The molecule has 0 radical (unpaired) electrons. The Morgan fingerprint density at radius 3 is 1.36 bits per heavy atom. The van der Waals surface area contributed by atoms with Gasteiger partial charge in [0.15, 0.2) is 0 Å². The summed E-state index contributed by atoms with van der Waals surface area (Å²) >= 11 is 0. The minimum Gasteiger partial charge on any atom is -0.396 e. The Labute approximate surface area is 354 Å². The maximum atomic E-state index is 7.15. The number of hydrogen-bond acceptors (Lipinski definition) is 4. The van der Waals surface area contributed by atoms with Gasteiger partial charge in [-0.05, 0) is 101 Å². The van der Waals surface area contributed by atoms with Gasteiger partial charge >= 0.3 is 0 Å². The van der Waals surface area contributed by atoms with E-state index in [1.54, 1.807) is 0 Å². The monoisotopic (exact) mass is 790 g/mol. The number of anilines is 1. The summed E-state index contributed by atoms with van der Waals surface area (Å²) in [5.74, 6) is 0. The van der Waals surface area contributed by atoms with Crippen LogP contribution in [0.5, 0.6) is 0 Å². The van der Waals surface area contributed by atoms with Crippen molar-refractivity contribution in [3.05, 3.63) is 211 Å². The number of para-hydroxylation sites is 3. The van der Waals surface area contributed by atoms with E-state index in [4.69, 9.17) is 11.5 Å². The van der Waals surface area contributed by atoms with E-state index in [-0.39, 0.29) is 0 Å². The van der Waals surface area contributed by atoms with Crippen molar-refractivity contribution < 1.29 is 0 Å². The molecule has 6 N–H and O–H groups in total. The maximum Gasteiger partial charge on any atom is 0.0847 e. The molecule has 0 aliphatic rings. The van der Waals surface area contributed by atoms with Crippen molar-refractivity contribution in [2.45, 2.75) is 13.3 Å². The largest absolute Gasteiger partial charge is 0.396 e. The molecule has 0 aliphatic carbocycles. The second-order valence-electron chi connectivity index (χ2n) is 15.4. The molecule has 0 aliphatic heterocycles. The lowest BCUT2D eigenvalue weighted by molar-refractivity contribution is 0.932. The molecule has 0 fully saturated rings. The van der Waals surface area contributed by atoms with Crippen LogP contribution in [0.25, 0.3) is 87.9 Å². The Bertz CT molecular complexity index is 3370. The van der Waals surface area contributed by atoms with Gasteiger partial charge in [-0.25, -0.2) is 0 Å². The van der Waals surface area contributed by atoms with E-state index in [9.17, 15) is 0 Å². The number of benzene rings is 9. The summed E-state index contributed by atoms with van der Waals surface area (Å²) in [5.41, 5.74) is 30.1. The molecule has 0 saturated carbocycles. The first kappa shape index (κ1) is 37.5. The third kappa shape index (κ3) is 6.69. The smallest absolute Gasteiger partial charge is 0.0847 e. The molecule has 11 aromatic rings. The molecule has 9 aromatic carbocycles. The average molecular weight is 791 g/mol. The first-order valence-corrected chi connectivity index (χ1v) is 20.9. The first-order chi connectivity index (χ1) is 30.1. The Balaban J connectivity index is 0.00000107. The molecule has 0 saturated heterocycles. The van der Waals surface area contributed by atoms with Crippen LogP contribution in [-0.2, 0) is 0 Å². The van der Waals surface area contributed by atoms with E-state index in [1.165, 1.54) is 65.2 Å². The summed E-state index contributed by atoms with van der Waals surface area (Å²) in [4.78, 5) is 0. The molecule has 0 atom stereocenters. The number of rotatable bonds is 8. The van der Waals surface area contributed by atoms with E-state index in [1.807, 2.05) is 30.3 Å². The molecule has 6 nitrogen and oxygen atoms in total. The van der Waals surface area contributed by atoms with Crippen LogP contribution in [0.4, 0.5) is 5.69 Å². The molecule has 0 amide bonds. The van der Waals surface area contributed by atoms with Crippen molar-refractivity contribution in [2.24, 2.45) is 11.5 Å². The third-order valence-corrected chi connectivity index (χ3v) is 11.6. The summed E-state index contributed by atoms with van der Waals surface area (Å²) in [6.45, 7) is 2.88. The van der Waals surface area contributed by atoms with Crippen LogP contribution in [0.3, 0.4) is 0 Å². The molecule has 2 aromatic heterocycles. The molecule has 2 heterocycles. The van der Waals surface area contributed by atoms with Gasteiger partial charge in [-0.2, -0.15) is 0 Å². The van der Waals surface area contributed by atoms with Gasteiger partial charge < -0.3 is 26.0 Å². The zero-order valence-corrected chi connectivity index (χ0v) is 34.0. The number of nitrogens with one attached hydrogen (secondary N) is 2.